The van der Waals surface area contributed by atoms with E-state index in [0.717, 1.165) is 15.6 Å². The highest BCUT2D eigenvalue weighted by Crippen LogP contribution is 2.22. The van der Waals surface area contributed by atoms with Crippen LogP contribution in [-0.2, 0) is 6.61 Å². The lowest BCUT2D eigenvalue weighted by Gasteiger charge is -2.08. The zero-order valence-electron chi connectivity index (χ0n) is 16.1. The summed E-state index contributed by atoms with van der Waals surface area (Å²) in [5, 5.41) is 13.0. The molecule has 30 heavy (non-hydrogen) atoms. The monoisotopic (exact) mass is 463 g/mol. The van der Waals surface area contributed by atoms with Gasteiger partial charge in [0.05, 0.1) is 30.5 Å². The second-order valence-corrected chi connectivity index (χ2v) is 7.13. The Hall–Kier alpha value is -3.63. The molecule has 6 nitrogen and oxygen atoms in total. The van der Waals surface area contributed by atoms with Crippen molar-refractivity contribution in [3.8, 4) is 17.6 Å². The lowest BCUT2D eigenvalue weighted by Crippen LogP contribution is -2.18. The van der Waals surface area contributed by atoms with Crippen LogP contribution in [0.5, 0.6) is 11.5 Å². The predicted molar refractivity (Wildman–Crippen MR) is 118 cm³/mol. The van der Waals surface area contributed by atoms with Crippen molar-refractivity contribution in [2.45, 2.75) is 6.61 Å². The first-order valence-electron chi connectivity index (χ1n) is 8.98. The fraction of sp³-hybridized carbons (Fsp3) is 0.0870. The smallest absolute Gasteiger partial charge is 0.275 e. The number of halogens is 1. The molecule has 3 aromatic rings. The van der Waals surface area contributed by atoms with Crippen LogP contribution in [0.25, 0.3) is 0 Å². The molecule has 3 aromatic carbocycles. The summed E-state index contributed by atoms with van der Waals surface area (Å²) < 4.78 is 11.8. The van der Waals surface area contributed by atoms with E-state index < -0.39 is 0 Å². The predicted octanol–water partition coefficient (Wildman–Crippen LogP) is 4.67. The molecule has 1 N–H and O–H groups in total. The van der Waals surface area contributed by atoms with E-state index in [-0.39, 0.29) is 5.91 Å². The topological polar surface area (TPSA) is 83.7 Å². The van der Waals surface area contributed by atoms with Crippen LogP contribution < -0.4 is 14.9 Å². The third-order valence-corrected chi connectivity index (χ3v) is 4.60. The molecule has 0 bridgehead atoms. The highest BCUT2D eigenvalue weighted by molar-refractivity contribution is 9.10. The molecule has 0 aliphatic carbocycles. The van der Waals surface area contributed by atoms with Crippen LogP contribution in [0.2, 0.25) is 0 Å². The highest BCUT2D eigenvalue weighted by Gasteiger charge is 2.12. The van der Waals surface area contributed by atoms with Crippen molar-refractivity contribution in [2.75, 3.05) is 7.11 Å². The van der Waals surface area contributed by atoms with Crippen molar-refractivity contribution < 1.29 is 14.3 Å². The Bertz CT molecular complexity index is 1120. The van der Waals surface area contributed by atoms with Gasteiger partial charge >= 0.3 is 0 Å². The van der Waals surface area contributed by atoms with Crippen molar-refractivity contribution in [2.24, 2.45) is 5.10 Å². The van der Waals surface area contributed by atoms with E-state index in [9.17, 15) is 4.79 Å². The standard InChI is InChI=1S/C23H18BrN3O3/c1-29-22-9-8-19(24)12-21(22)23(28)27-26-14-17-5-3-7-20(11-17)30-15-18-6-2-4-16(10-18)13-25/h2-12,14H,15H2,1H3,(H,27,28)/b26-14-. The number of hydrogen-bond acceptors (Lipinski definition) is 5. The minimum Gasteiger partial charge on any atom is -0.496 e. The molecule has 0 aliphatic rings. The summed E-state index contributed by atoms with van der Waals surface area (Å²) in [4.78, 5) is 12.4. The molecule has 0 saturated carbocycles. The van der Waals surface area contributed by atoms with Gasteiger partial charge in [-0.25, -0.2) is 5.43 Å². The number of nitrogens with one attached hydrogen (secondary N) is 1. The minimum atomic E-state index is -0.380. The number of amides is 1. The second-order valence-electron chi connectivity index (χ2n) is 6.22. The molecule has 0 atom stereocenters. The zero-order chi connectivity index (χ0) is 21.3. The summed E-state index contributed by atoms with van der Waals surface area (Å²) in [7, 11) is 1.51. The highest BCUT2D eigenvalue weighted by atomic mass is 79.9. The first-order chi connectivity index (χ1) is 14.6. The number of hydrogen-bond donors (Lipinski definition) is 1. The van der Waals surface area contributed by atoms with Gasteiger partial charge in [-0.2, -0.15) is 10.4 Å². The number of ether oxygens (including phenoxy) is 2. The molecule has 7 heteroatoms. The molecular formula is C23H18BrN3O3. The maximum Gasteiger partial charge on any atom is 0.275 e. The average molecular weight is 464 g/mol. The largest absolute Gasteiger partial charge is 0.496 e. The lowest BCUT2D eigenvalue weighted by atomic mass is 10.1. The van der Waals surface area contributed by atoms with Crippen LogP contribution in [-0.4, -0.2) is 19.2 Å². The van der Waals surface area contributed by atoms with Gasteiger partial charge in [0.15, 0.2) is 0 Å². The molecule has 0 aromatic heterocycles. The summed E-state index contributed by atoms with van der Waals surface area (Å²) in [6.07, 6.45) is 1.53. The second kappa shape index (κ2) is 10.2. The number of nitrogens with zero attached hydrogens (tertiary/aromatic N) is 2. The van der Waals surface area contributed by atoms with Gasteiger partial charge in [0.2, 0.25) is 0 Å². The molecule has 0 fully saturated rings. The molecule has 1 amide bonds. The molecule has 0 unspecified atom stereocenters. The Morgan fingerprint density at radius 3 is 2.80 bits per heavy atom. The SMILES string of the molecule is COc1ccc(Br)cc1C(=O)N/N=C\c1cccc(OCc2cccc(C#N)c2)c1. The summed E-state index contributed by atoms with van der Waals surface area (Å²) in [5.41, 5.74) is 5.14. The maximum atomic E-state index is 12.4. The third-order valence-electron chi connectivity index (χ3n) is 4.11. The number of nitriles is 1. The van der Waals surface area contributed by atoms with Crippen LogP contribution in [0.1, 0.15) is 27.0 Å². The van der Waals surface area contributed by atoms with Crippen LogP contribution >= 0.6 is 15.9 Å². The summed E-state index contributed by atoms with van der Waals surface area (Å²) in [6.45, 7) is 0.343. The number of hydrazone groups is 1. The average Bonchev–Trinajstić information content (AvgIpc) is 2.78. The van der Waals surface area contributed by atoms with E-state index in [1.807, 2.05) is 36.4 Å². The molecule has 3 rings (SSSR count). The normalized spacial score (nSPS) is 10.4. The summed E-state index contributed by atoms with van der Waals surface area (Å²) >= 11 is 3.34. The Morgan fingerprint density at radius 2 is 2.00 bits per heavy atom. The zero-order valence-corrected chi connectivity index (χ0v) is 17.7. The van der Waals surface area contributed by atoms with Gasteiger partial charge in [-0.1, -0.05) is 40.2 Å². The molecule has 0 heterocycles. The Balaban J connectivity index is 1.62. The minimum absolute atomic E-state index is 0.343. The lowest BCUT2D eigenvalue weighted by molar-refractivity contribution is 0.0952. The maximum absolute atomic E-state index is 12.4. The van der Waals surface area contributed by atoms with Crippen LogP contribution in [0, 0.1) is 11.3 Å². The fourth-order valence-corrected chi connectivity index (χ4v) is 3.03. The van der Waals surface area contributed by atoms with E-state index in [2.05, 4.69) is 32.5 Å². The first-order valence-corrected chi connectivity index (χ1v) is 9.77. The Morgan fingerprint density at radius 1 is 1.17 bits per heavy atom. The van der Waals surface area contributed by atoms with Gasteiger partial charge < -0.3 is 9.47 Å². The Labute approximate surface area is 182 Å². The molecule has 150 valence electrons. The van der Waals surface area contributed by atoms with Crippen LogP contribution in [0.4, 0.5) is 0 Å². The molecule has 0 spiro atoms. The first kappa shape index (κ1) is 21.1. The van der Waals surface area contributed by atoms with Gasteiger partial charge in [0, 0.05) is 4.47 Å². The van der Waals surface area contributed by atoms with E-state index in [1.165, 1.54) is 13.3 Å². The molecule has 0 saturated heterocycles. The van der Waals surface area contributed by atoms with E-state index >= 15 is 0 Å². The summed E-state index contributed by atoms with van der Waals surface area (Å²) in [5.74, 6) is 0.734. The number of carbonyl (C=O) groups is 1. The van der Waals surface area contributed by atoms with E-state index in [0.29, 0.717) is 29.2 Å². The van der Waals surface area contributed by atoms with Gasteiger partial charge in [0.1, 0.15) is 18.1 Å². The van der Waals surface area contributed by atoms with E-state index in [1.54, 1.807) is 30.3 Å². The van der Waals surface area contributed by atoms with Gasteiger partial charge in [-0.3, -0.25) is 4.79 Å². The molecule has 0 aliphatic heterocycles. The van der Waals surface area contributed by atoms with Gasteiger partial charge in [-0.05, 0) is 53.6 Å². The Kier molecular flexibility index (Phi) is 7.19. The number of carbonyl (C=O) groups excluding carboxylic acids is 1. The fourth-order valence-electron chi connectivity index (χ4n) is 2.67. The van der Waals surface area contributed by atoms with Crippen molar-refractivity contribution in [3.05, 3.63) is 93.5 Å². The van der Waals surface area contributed by atoms with Crippen molar-refractivity contribution in [1.29, 1.82) is 5.26 Å². The number of rotatable bonds is 7. The van der Waals surface area contributed by atoms with Gasteiger partial charge in [-0.15, -0.1) is 0 Å². The van der Waals surface area contributed by atoms with Crippen LogP contribution in [0.15, 0.2) is 76.3 Å². The molecular weight excluding hydrogens is 446 g/mol. The van der Waals surface area contributed by atoms with Crippen molar-refractivity contribution in [3.63, 3.8) is 0 Å². The van der Waals surface area contributed by atoms with Crippen LogP contribution in [0.3, 0.4) is 0 Å². The number of benzene rings is 3. The molecule has 0 radical (unpaired) electrons. The van der Waals surface area contributed by atoms with Crippen molar-refractivity contribution in [1.82, 2.24) is 5.43 Å². The van der Waals surface area contributed by atoms with E-state index in [4.69, 9.17) is 14.7 Å². The van der Waals surface area contributed by atoms with Gasteiger partial charge in [0.25, 0.3) is 5.91 Å². The third kappa shape index (κ3) is 5.69. The quantitative estimate of drug-likeness (QED) is 0.407. The van der Waals surface area contributed by atoms with Crippen molar-refractivity contribution >= 4 is 28.1 Å². The summed E-state index contributed by atoms with van der Waals surface area (Å²) in [6, 6.07) is 21.9. The number of methoxy groups -OCH3 is 1.